The number of aryl methyl sites for hydroxylation is 3. The summed E-state index contributed by atoms with van der Waals surface area (Å²) in [5.74, 6) is -0.703. The van der Waals surface area contributed by atoms with Crippen LogP contribution in [-0.4, -0.2) is 42.8 Å². The first-order valence-electron chi connectivity index (χ1n) is 9.58. The molecule has 3 aromatic heterocycles. The molecule has 0 saturated carbocycles. The van der Waals surface area contributed by atoms with Gasteiger partial charge in [0.15, 0.2) is 0 Å². The van der Waals surface area contributed by atoms with E-state index in [2.05, 4.69) is 43.5 Å². The van der Waals surface area contributed by atoms with Crippen molar-refractivity contribution in [1.29, 1.82) is 0 Å². The lowest BCUT2D eigenvalue weighted by atomic mass is 10.0. The highest BCUT2D eigenvalue weighted by molar-refractivity contribution is 7.11. The topological polar surface area (TPSA) is 123 Å². The van der Waals surface area contributed by atoms with Gasteiger partial charge in [0, 0.05) is 18.0 Å². The van der Waals surface area contributed by atoms with Crippen LogP contribution in [0.3, 0.4) is 0 Å². The van der Waals surface area contributed by atoms with Crippen molar-refractivity contribution < 1.29 is 14.6 Å². The third kappa shape index (κ3) is 6.45. The monoisotopic (exact) mass is 428 g/mol. The summed E-state index contributed by atoms with van der Waals surface area (Å²) >= 11 is 1.46. The molecule has 0 amide bonds. The zero-order valence-corrected chi connectivity index (χ0v) is 17.9. The molecule has 0 saturated heterocycles. The predicted octanol–water partition coefficient (Wildman–Crippen LogP) is 3.30. The van der Waals surface area contributed by atoms with Gasteiger partial charge in [-0.2, -0.15) is 4.98 Å². The number of ether oxygens (including phenoxy) is 1. The average Bonchev–Trinajstić information content (AvgIpc) is 3.15. The first kappa shape index (κ1) is 21.6. The molecule has 0 aromatic carbocycles. The lowest BCUT2D eigenvalue weighted by Crippen LogP contribution is -2.14. The number of carboxylic acids is 1. The van der Waals surface area contributed by atoms with E-state index in [-0.39, 0.29) is 17.6 Å². The quantitative estimate of drug-likeness (QED) is 0.500. The second-order valence-electron chi connectivity index (χ2n) is 7.07. The first-order chi connectivity index (χ1) is 14.4. The molecule has 10 heteroatoms. The van der Waals surface area contributed by atoms with E-state index < -0.39 is 5.97 Å². The molecule has 0 aliphatic carbocycles. The molecule has 0 spiro atoms. The van der Waals surface area contributed by atoms with E-state index in [1.807, 2.05) is 26.1 Å². The molecule has 0 unspecified atom stereocenters. The Kier molecular flexibility index (Phi) is 7.23. The number of anilines is 1. The van der Waals surface area contributed by atoms with Crippen LogP contribution in [0.25, 0.3) is 0 Å². The van der Waals surface area contributed by atoms with Gasteiger partial charge in [0.25, 0.3) is 0 Å². The number of nitrogens with one attached hydrogen (secondary N) is 1. The molecule has 3 aromatic rings. The molecule has 0 bridgehead atoms. The molecule has 3 rings (SSSR count). The third-order valence-corrected chi connectivity index (χ3v) is 5.10. The molecular formula is C20H24N6O3S. The van der Waals surface area contributed by atoms with E-state index in [1.54, 1.807) is 6.07 Å². The largest absolute Gasteiger partial charge is 0.477 e. The minimum absolute atomic E-state index is 0.221. The van der Waals surface area contributed by atoms with Gasteiger partial charge in [-0.25, -0.2) is 9.78 Å². The van der Waals surface area contributed by atoms with Crippen LogP contribution >= 0.6 is 11.3 Å². The number of nitrogens with zero attached hydrogens (tertiary/aromatic N) is 5. The van der Waals surface area contributed by atoms with E-state index in [0.717, 1.165) is 34.1 Å². The van der Waals surface area contributed by atoms with Crippen molar-refractivity contribution in [2.24, 2.45) is 5.92 Å². The highest BCUT2D eigenvalue weighted by Gasteiger charge is 2.14. The fraction of sp³-hybridized carbons (Fsp3) is 0.400. The Morgan fingerprint density at radius 2 is 2.10 bits per heavy atom. The Balaban J connectivity index is 1.57. The number of carbonyl (C=O) groups is 1. The van der Waals surface area contributed by atoms with Crippen molar-refractivity contribution in [3.8, 4) is 5.88 Å². The maximum atomic E-state index is 11.4. The maximum Gasteiger partial charge on any atom is 0.374 e. The molecule has 1 atom stereocenters. The van der Waals surface area contributed by atoms with Gasteiger partial charge in [0.2, 0.25) is 11.7 Å². The number of aromatic nitrogens is 5. The van der Waals surface area contributed by atoms with Crippen LogP contribution in [0.5, 0.6) is 5.88 Å². The zero-order valence-electron chi connectivity index (χ0n) is 17.1. The molecule has 3 heterocycles. The minimum atomic E-state index is -1.21. The van der Waals surface area contributed by atoms with E-state index in [4.69, 9.17) is 4.74 Å². The van der Waals surface area contributed by atoms with E-state index >= 15 is 0 Å². The van der Waals surface area contributed by atoms with Gasteiger partial charge in [-0.05, 0) is 44.2 Å². The second-order valence-corrected chi connectivity index (χ2v) is 8.34. The number of pyridine rings is 1. The molecule has 0 fully saturated rings. The second kappa shape index (κ2) is 10.1. The molecular weight excluding hydrogens is 404 g/mol. The van der Waals surface area contributed by atoms with Crippen molar-refractivity contribution in [2.75, 3.05) is 11.9 Å². The van der Waals surface area contributed by atoms with Crippen molar-refractivity contribution in [1.82, 2.24) is 25.1 Å². The number of hydrogen-bond donors (Lipinski definition) is 2. The third-order valence-electron chi connectivity index (χ3n) is 4.26. The summed E-state index contributed by atoms with van der Waals surface area (Å²) in [6, 6.07) is 5.67. The van der Waals surface area contributed by atoms with Crippen LogP contribution in [0.1, 0.15) is 45.2 Å². The summed E-state index contributed by atoms with van der Waals surface area (Å²) in [6.45, 7) is 6.76. The van der Waals surface area contributed by atoms with Crippen LogP contribution in [0.15, 0.2) is 24.4 Å². The molecule has 0 aliphatic heterocycles. The summed E-state index contributed by atoms with van der Waals surface area (Å²) in [4.78, 5) is 23.8. The Labute approximate surface area is 178 Å². The van der Waals surface area contributed by atoms with Crippen molar-refractivity contribution >= 4 is 23.1 Å². The Morgan fingerprint density at radius 1 is 1.27 bits per heavy atom. The summed E-state index contributed by atoms with van der Waals surface area (Å²) in [5.41, 5.74) is 2.18. The van der Waals surface area contributed by atoms with Crippen LogP contribution in [0.4, 0.5) is 5.82 Å². The Bertz CT molecular complexity index is 992. The fourth-order valence-corrected chi connectivity index (χ4v) is 3.26. The van der Waals surface area contributed by atoms with Gasteiger partial charge in [-0.3, -0.25) is 4.98 Å². The summed E-state index contributed by atoms with van der Waals surface area (Å²) in [7, 11) is 0. The fourth-order valence-electron chi connectivity index (χ4n) is 2.61. The zero-order chi connectivity index (χ0) is 21.5. The van der Waals surface area contributed by atoms with E-state index in [1.165, 1.54) is 11.3 Å². The van der Waals surface area contributed by atoms with Gasteiger partial charge in [-0.1, -0.05) is 24.3 Å². The lowest BCUT2D eigenvalue weighted by Gasteiger charge is -2.13. The smallest absolute Gasteiger partial charge is 0.374 e. The van der Waals surface area contributed by atoms with E-state index in [9.17, 15) is 9.90 Å². The van der Waals surface area contributed by atoms with Crippen LogP contribution < -0.4 is 10.1 Å². The lowest BCUT2D eigenvalue weighted by molar-refractivity contribution is 0.0682. The van der Waals surface area contributed by atoms with Gasteiger partial charge in [-0.15, -0.1) is 10.2 Å². The van der Waals surface area contributed by atoms with Crippen LogP contribution in [-0.2, 0) is 13.0 Å². The SMILES string of the molecule is Cc1ccc(CC[C@@H](C)COc2cc(NCc3nnc(C)s3)nc(C(=O)O)n2)nc1. The molecule has 0 radical (unpaired) electrons. The van der Waals surface area contributed by atoms with Crippen LogP contribution in [0.2, 0.25) is 0 Å². The van der Waals surface area contributed by atoms with Gasteiger partial charge in [0.05, 0.1) is 13.2 Å². The number of rotatable bonds is 10. The molecule has 30 heavy (non-hydrogen) atoms. The summed E-state index contributed by atoms with van der Waals surface area (Å²) < 4.78 is 5.76. The standard InChI is InChI=1S/C20H24N6O3S/c1-12-4-6-15(21-9-12)7-5-13(2)11-29-17-8-16(23-19(24-17)20(27)28)22-10-18-26-25-14(3)30-18/h4,6,8-9,13H,5,7,10-11H2,1-3H3,(H,27,28)(H,22,23,24)/t13-/m1/s1. The van der Waals surface area contributed by atoms with Crippen molar-refractivity contribution in [3.63, 3.8) is 0 Å². The number of hydrogen-bond acceptors (Lipinski definition) is 9. The molecule has 2 N–H and O–H groups in total. The summed E-state index contributed by atoms with van der Waals surface area (Å²) in [5, 5.41) is 22.0. The summed E-state index contributed by atoms with van der Waals surface area (Å²) in [6.07, 6.45) is 3.61. The van der Waals surface area contributed by atoms with Gasteiger partial charge >= 0.3 is 5.97 Å². The van der Waals surface area contributed by atoms with Gasteiger partial charge < -0.3 is 15.2 Å². The first-order valence-corrected chi connectivity index (χ1v) is 10.4. The molecule has 9 nitrogen and oxygen atoms in total. The number of carboxylic acid groups (broad SMARTS) is 1. The van der Waals surface area contributed by atoms with Crippen LogP contribution in [0, 0.1) is 19.8 Å². The molecule has 0 aliphatic rings. The average molecular weight is 429 g/mol. The minimum Gasteiger partial charge on any atom is -0.477 e. The highest BCUT2D eigenvalue weighted by atomic mass is 32.1. The van der Waals surface area contributed by atoms with E-state index in [0.29, 0.717) is 19.0 Å². The predicted molar refractivity (Wildman–Crippen MR) is 113 cm³/mol. The van der Waals surface area contributed by atoms with Gasteiger partial charge in [0.1, 0.15) is 15.8 Å². The molecule has 158 valence electrons. The number of aromatic carboxylic acids is 1. The highest BCUT2D eigenvalue weighted by Crippen LogP contribution is 2.18. The Morgan fingerprint density at radius 3 is 2.77 bits per heavy atom. The normalized spacial score (nSPS) is 11.8. The van der Waals surface area contributed by atoms with Crippen molar-refractivity contribution in [2.45, 2.75) is 40.2 Å². The van der Waals surface area contributed by atoms with Crippen molar-refractivity contribution in [3.05, 3.63) is 51.5 Å². The Hall–Kier alpha value is -3.14. The maximum absolute atomic E-state index is 11.4.